The number of nitrogens with one attached hydrogen (secondary N) is 2. The molecule has 0 aromatic heterocycles. The summed E-state index contributed by atoms with van der Waals surface area (Å²) in [4.78, 5) is 0. The number of methoxy groups -OCH3 is 1. The van der Waals surface area contributed by atoms with E-state index in [0.717, 1.165) is 36.0 Å². The van der Waals surface area contributed by atoms with Gasteiger partial charge in [-0.3, -0.25) is 0 Å². The first-order chi connectivity index (χ1) is 10.3. The molecule has 0 spiro atoms. The molecule has 2 rings (SSSR count). The van der Waals surface area contributed by atoms with Gasteiger partial charge in [0.05, 0.1) is 19.4 Å². The van der Waals surface area contributed by atoms with Gasteiger partial charge in [0.2, 0.25) is 0 Å². The molecular formula is C17H22N2O2. The average Bonchev–Trinajstić information content (AvgIpc) is 2.53. The SMILES string of the molecule is CCOc1ccccc1NCCNc1cccc(OC)c1. The molecule has 0 radical (unpaired) electrons. The Labute approximate surface area is 126 Å². The van der Waals surface area contributed by atoms with Gasteiger partial charge in [-0.15, -0.1) is 0 Å². The fourth-order valence-electron chi connectivity index (χ4n) is 2.03. The Kier molecular flexibility index (Phi) is 5.76. The Morgan fingerprint density at radius 2 is 1.76 bits per heavy atom. The minimum absolute atomic E-state index is 0.667. The van der Waals surface area contributed by atoms with Crippen molar-refractivity contribution in [3.05, 3.63) is 48.5 Å². The molecule has 0 fully saturated rings. The predicted molar refractivity (Wildman–Crippen MR) is 87.6 cm³/mol. The van der Waals surface area contributed by atoms with Crippen LogP contribution in [0.1, 0.15) is 6.92 Å². The van der Waals surface area contributed by atoms with Gasteiger partial charge in [-0.1, -0.05) is 18.2 Å². The van der Waals surface area contributed by atoms with Crippen molar-refractivity contribution < 1.29 is 9.47 Å². The van der Waals surface area contributed by atoms with Gasteiger partial charge in [-0.25, -0.2) is 0 Å². The highest BCUT2D eigenvalue weighted by Gasteiger charge is 2.01. The second kappa shape index (κ2) is 8.04. The van der Waals surface area contributed by atoms with Gasteiger partial charge in [0.15, 0.2) is 0 Å². The largest absolute Gasteiger partial charge is 0.497 e. The summed E-state index contributed by atoms with van der Waals surface area (Å²) in [5.74, 6) is 1.75. The van der Waals surface area contributed by atoms with E-state index in [1.54, 1.807) is 7.11 Å². The lowest BCUT2D eigenvalue weighted by Crippen LogP contribution is -2.14. The van der Waals surface area contributed by atoms with Crippen molar-refractivity contribution in [2.45, 2.75) is 6.92 Å². The molecule has 0 saturated heterocycles. The van der Waals surface area contributed by atoms with E-state index < -0.39 is 0 Å². The highest BCUT2D eigenvalue weighted by Crippen LogP contribution is 2.23. The van der Waals surface area contributed by atoms with Crippen LogP contribution in [0.2, 0.25) is 0 Å². The molecular weight excluding hydrogens is 264 g/mol. The van der Waals surface area contributed by atoms with Crippen LogP contribution in [-0.2, 0) is 0 Å². The summed E-state index contributed by atoms with van der Waals surface area (Å²) in [6.45, 7) is 4.27. The molecule has 21 heavy (non-hydrogen) atoms. The van der Waals surface area contributed by atoms with Gasteiger partial charge in [0, 0.05) is 24.8 Å². The van der Waals surface area contributed by atoms with Crippen LogP contribution in [0.5, 0.6) is 11.5 Å². The van der Waals surface area contributed by atoms with E-state index in [2.05, 4.69) is 10.6 Å². The van der Waals surface area contributed by atoms with Crippen LogP contribution in [0.15, 0.2) is 48.5 Å². The minimum atomic E-state index is 0.667. The average molecular weight is 286 g/mol. The maximum absolute atomic E-state index is 5.58. The lowest BCUT2D eigenvalue weighted by atomic mass is 10.3. The Morgan fingerprint density at radius 1 is 0.952 bits per heavy atom. The fraction of sp³-hybridized carbons (Fsp3) is 0.294. The standard InChI is InChI=1S/C17H22N2O2/c1-3-21-17-10-5-4-9-16(17)19-12-11-18-14-7-6-8-15(13-14)20-2/h4-10,13,18-19H,3,11-12H2,1-2H3. The first-order valence-corrected chi connectivity index (χ1v) is 7.17. The zero-order valence-electron chi connectivity index (χ0n) is 12.6. The Morgan fingerprint density at radius 3 is 2.57 bits per heavy atom. The summed E-state index contributed by atoms with van der Waals surface area (Å²) < 4.78 is 10.8. The second-order valence-corrected chi connectivity index (χ2v) is 4.51. The van der Waals surface area contributed by atoms with Crippen LogP contribution in [0, 0.1) is 0 Å². The van der Waals surface area contributed by atoms with Gasteiger partial charge < -0.3 is 20.1 Å². The molecule has 2 aromatic carbocycles. The van der Waals surface area contributed by atoms with E-state index in [4.69, 9.17) is 9.47 Å². The topological polar surface area (TPSA) is 42.5 Å². The number of hydrogen-bond donors (Lipinski definition) is 2. The number of ether oxygens (including phenoxy) is 2. The first kappa shape index (κ1) is 15.0. The van der Waals surface area contributed by atoms with Crippen LogP contribution in [-0.4, -0.2) is 26.8 Å². The maximum atomic E-state index is 5.58. The smallest absolute Gasteiger partial charge is 0.142 e. The Hall–Kier alpha value is -2.36. The van der Waals surface area contributed by atoms with Crippen LogP contribution >= 0.6 is 0 Å². The van der Waals surface area contributed by atoms with Gasteiger partial charge in [0.25, 0.3) is 0 Å². The third kappa shape index (κ3) is 4.60. The summed E-state index contributed by atoms with van der Waals surface area (Å²) in [5.41, 5.74) is 2.07. The number of rotatable bonds is 8. The zero-order valence-corrected chi connectivity index (χ0v) is 12.6. The van der Waals surface area contributed by atoms with Crippen LogP contribution < -0.4 is 20.1 Å². The summed E-state index contributed by atoms with van der Waals surface area (Å²) in [6.07, 6.45) is 0. The van der Waals surface area contributed by atoms with Gasteiger partial charge in [-0.05, 0) is 31.2 Å². The molecule has 0 amide bonds. The van der Waals surface area contributed by atoms with Crippen molar-refractivity contribution >= 4 is 11.4 Å². The van der Waals surface area contributed by atoms with Crippen molar-refractivity contribution in [3.8, 4) is 11.5 Å². The Balaban J connectivity index is 1.81. The summed E-state index contributed by atoms with van der Waals surface area (Å²) in [7, 11) is 1.67. The third-order valence-electron chi connectivity index (χ3n) is 3.03. The molecule has 4 nitrogen and oxygen atoms in total. The molecule has 0 bridgehead atoms. The number of benzene rings is 2. The van der Waals surface area contributed by atoms with E-state index in [1.165, 1.54) is 0 Å². The zero-order chi connectivity index (χ0) is 14.9. The normalized spacial score (nSPS) is 10.0. The van der Waals surface area contributed by atoms with Gasteiger partial charge in [0.1, 0.15) is 11.5 Å². The molecule has 0 unspecified atom stereocenters. The van der Waals surface area contributed by atoms with E-state index in [0.29, 0.717) is 6.61 Å². The first-order valence-electron chi connectivity index (χ1n) is 7.17. The summed E-state index contributed by atoms with van der Waals surface area (Å²) in [5, 5.41) is 6.74. The third-order valence-corrected chi connectivity index (χ3v) is 3.03. The van der Waals surface area contributed by atoms with Crippen molar-refractivity contribution in [2.24, 2.45) is 0 Å². The predicted octanol–water partition coefficient (Wildman–Crippen LogP) is 3.62. The molecule has 0 heterocycles. The molecule has 0 saturated carbocycles. The van der Waals surface area contributed by atoms with E-state index in [1.807, 2.05) is 55.5 Å². The number of hydrogen-bond acceptors (Lipinski definition) is 4. The lowest BCUT2D eigenvalue weighted by molar-refractivity contribution is 0.342. The molecule has 0 aliphatic rings. The maximum Gasteiger partial charge on any atom is 0.142 e. The lowest BCUT2D eigenvalue weighted by Gasteiger charge is -2.13. The fourth-order valence-corrected chi connectivity index (χ4v) is 2.03. The molecule has 112 valence electrons. The van der Waals surface area contributed by atoms with Crippen LogP contribution in [0.4, 0.5) is 11.4 Å². The van der Waals surface area contributed by atoms with Crippen molar-refractivity contribution in [1.82, 2.24) is 0 Å². The number of anilines is 2. The minimum Gasteiger partial charge on any atom is -0.497 e. The van der Waals surface area contributed by atoms with E-state index in [-0.39, 0.29) is 0 Å². The Bertz CT molecular complexity index is 558. The van der Waals surface area contributed by atoms with Crippen LogP contribution in [0.3, 0.4) is 0 Å². The van der Waals surface area contributed by atoms with E-state index in [9.17, 15) is 0 Å². The molecule has 0 aliphatic carbocycles. The van der Waals surface area contributed by atoms with Gasteiger partial charge in [-0.2, -0.15) is 0 Å². The quantitative estimate of drug-likeness (QED) is 0.727. The molecule has 2 aromatic rings. The van der Waals surface area contributed by atoms with Crippen molar-refractivity contribution in [1.29, 1.82) is 0 Å². The van der Waals surface area contributed by atoms with Gasteiger partial charge >= 0.3 is 0 Å². The second-order valence-electron chi connectivity index (χ2n) is 4.51. The van der Waals surface area contributed by atoms with Crippen molar-refractivity contribution in [2.75, 3.05) is 37.4 Å². The molecule has 2 N–H and O–H groups in total. The summed E-state index contributed by atoms with van der Waals surface area (Å²) in [6, 6.07) is 15.9. The van der Waals surface area contributed by atoms with Crippen molar-refractivity contribution in [3.63, 3.8) is 0 Å². The molecule has 0 atom stereocenters. The highest BCUT2D eigenvalue weighted by atomic mass is 16.5. The molecule has 4 heteroatoms. The monoisotopic (exact) mass is 286 g/mol. The highest BCUT2D eigenvalue weighted by molar-refractivity contribution is 5.56. The van der Waals surface area contributed by atoms with Crippen LogP contribution in [0.25, 0.3) is 0 Å². The molecule has 0 aliphatic heterocycles. The van der Waals surface area contributed by atoms with E-state index >= 15 is 0 Å². The summed E-state index contributed by atoms with van der Waals surface area (Å²) >= 11 is 0. The number of para-hydroxylation sites is 2.